The lowest BCUT2D eigenvalue weighted by molar-refractivity contribution is 0.497. The van der Waals surface area contributed by atoms with Gasteiger partial charge in [0.15, 0.2) is 0 Å². The predicted octanol–water partition coefficient (Wildman–Crippen LogP) is 4.43. The maximum atomic E-state index is 6.14. The lowest BCUT2D eigenvalue weighted by Gasteiger charge is -2.15. The highest BCUT2D eigenvalue weighted by atomic mass is 35.5. The molecule has 1 N–H and O–H groups in total. The first-order chi connectivity index (χ1) is 7.61. The van der Waals surface area contributed by atoms with E-state index in [9.17, 15) is 0 Å². The Bertz CT molecular complexity index is 309. The average molecular weight is 240 g/mol. The van der Waals surface area contributed by atoms with E-state index in [0.29, 0.717) is 6.04 Å². The van der Waals surface area contributed by atoms with Gasteiger partial charge in [0.05, 0.1) is 0 Å². The Balaban J connectivity index is 2.35. The third-order valence-corrected chi connectivity index (χ3v) is 3.12. The molecule has 1 nitrogen and oxygen atoms in total. The molecule has 90 valence electrons. The molecule has 0 radical (unpaired) electrons. The van der Waals surface area contributed by atoms with Crippen molar-refractivity contribution in [2.45, 2.75) is 39.7 Å². The summed E-state index contributed by atoms with van der Waals surface area (Å²) in [5.74, 6) is 0.789. The van der Waals surface area contributed by atoms with Crippen LogP contribution in [0.5, 0.6) is 0 Å². The molecule has 0 aliphatic carbocycles. The van der Waals surface area contributed by atoms with Crippen LogP contribution in [-0.2, 0) is 0 Å². The first-order valence-electron chi connectivity index (χ1n) is 6.09. The van der Waals surface area contributed by atoms with Gasteiger partial charge >= 0.3 is 0 Å². The summed E-state index contributed by atoms with van der Waals surface area (Å²) in [5, 5.41) is 4.36. The normalized spacial score (nSPS) is 13.1. The van der Waals surface area contributed by atoms with Gasteiger partial charge in [0.2, 0.25) is 0 Å². The fourth-order valence-electron chi connectivity index (χ4n) is 1.77. The molecular formula is C14H22ClN. The van der Waals surface area contributed by atoms with Crippen LogP contribution in [0.1, 0.15) is 45.2 Å². The van der Waals surface area contributed by atoms with Gasteiger partial charge in [-0.15, -0.1) is 0 Å². The van der Waals surface area contributed by atoms with Gasteiger partial charge in [-0.05, 0) is 43.9 Å². The summed E-state index contributed by atoms with van der Waals surface area (Å²) >= 11 is 6.14. The SMILES string of the molecule is CC(C)CCCN[C@@H](C)c1ccccc1Cl. The second kappa shape index (κ2) is 6.93. The second-order valence-corrected chi connectivity index (χ2v) is 5.14. The highest BCUT2D eigenvalue weighted by molar-refractivity contribution is 6.31. The minimum absolute atomic E-state index is 0.334. The lowest BCUT2D eigenvalue weighted by atomic mass is 10.1. The van der Waals surface area contributed by atoms with Crippen molar-refractivity contribution < 1.29 is 0 Å². The molecule has 0 fully saturated rings. The number of hydrogen-bond donors (Lipinski definition) is 1. The number of nitrogens with one attached hydrogen (secondary N) is 1. The van der Waals surface area contributed by atoms with E-state index in [4.69, 9.17) is 11.6 Å². The molecule has 0 heterocycles. The molecule has 1 aromatic rings. The number of hydrogen-bond acceptors (Lipinski definition) is 1. The molecule has 16 heavy (non-hydrogen) atoms. The van der Waals surface area contributed by atoms with E-state index in [1.54, 1.807) is 0 Å². The highest BCUT2D eigenvalue weighted by Gasteiger charge is 2.07. The molecule has 2 heteroatoms. The number of halogens is 1. The maximum Gasteiger partial charge on any atom is 0.0453 e. The quantitative estimate of drug-likeness (QED) is 0.725. The molecule has 0 unspecified atom stereocenters. The summed E-state index contributed by atoms with van der Waals surface area (Å²) in [6, 6.07) is 8.37. The Kier molecular flexibility index (Phi) is 5.86. The minimum atomic E-state index is 0.334. The maximum absolute atomic E-state index is 6.14. The van der Waals surface area contributed by atoms with Crippen LogP contribution in [0.15, 0.2) is 24.3 Å². The lowest BCUT2D eigenvalue weighted by Crippen LogP contribution is -2.20. The van der Waals surface area contributed by atoms with E-state index in [1.807, 2.05) is 18.2 Å². The molecule has 0 spiro atoms. The van der Waals surface area contributed by atoms with Crippen molar-refractivity contribution >= 4 is 11.6 Å². The van der Waals surface area contributed by atoms with Crippen LogP contribution < -0.4 is 5.32 Å². The Morgan fingerprint density at radius 3 is 2.50 bits per heavy atom. The van der Waals surface area contributed by atoms with Crippen molar-refractivity contribution in [3.63, 3.8) is 0 Å². The summed E-state index contributed by atoms with van der Waals surface area (Å²) in [4.78, 5) is 0. The molecule has 0 saturated carbocycles. The summed E-state index contributed by atoms with van der Waals surface area (Å²) < 4.78 is 0. The van der Waals surface area contributed by atoms with Crippen molar-refractivity contribution in [3.05, 3.63) is 34.9 Å². The van der Waals surface area contributed by atoms with Gasteiger partial charge in [-0.3, -0.25) is 0 Å². The van der Waals surface area contributed by atoms with E-state index in [0.717, 1.165) is 17.5 Å². The Morgan fingerprint density at radius 2 is 1.88 bits per heavy atom. The third kappa shape index (κ3) is 4.54. The van der Waals surface area contributed by atoms with Crippen molar-refractivity contribution in [2.75, 3.05) is 6.54 Å². The van der Waals surface area contributed by atoms with Crippen molar-refractivity contribution in [2.24, 2.45) is 5.92 Å². The topological polar surface area (TPSA) is 12.0 Å². The number of benzene rings is 1. The van der Waals surface area contributed by atoms with E-state index in [1.165, 1.54) is 18.4 Å². The number of rotatable bonds is 6. The van der Waals surface area contributed by atoms with Gasteiger partial charge in [-0.2, -0.15) is 0 Å². The van der Waals surface area contributed by atoms with E-state index in [2.05, 4.69) is 32.2 Å². The first kappa shape index (κ1) is 13.5. The van der Waals surface area contributed by atoms with E-state index in [-0.39, 0.29) is 0 Å². The minimum Gasteiger partial charge on any atom is -0.310 e. The van der Waals surface area contributed by atoms with Crippen molar-refractivity contribution in [1.29, 1.82) is 0 Å². The molecule has 1 aromatic carbocycles. The molecule has 0 aliphatic heterocycles. The Labute approximate surface area is 104 Å². The molecule has 0 aliphatic rings. The monoisotopic (exact) mass is 239 g/mol. The molecular weight excluding hydrogens is 218 g/mol. The Morgan fingerprint density at radius 1 is 1.19 bits per heavy atom. The van der Waals surface area contributed by atoms with Gasteiger partial charge in [-0.25, -0.2) is 0 Å². The van der Waals surface area contributed by atoms with E-state index >= 15 is 0 Å². The average Bonchev–Trinajstić information content (AvgIpc) is 2.24. The molecule has 0 aromatic heterocycles. The molecule has 1 rings (SSSR count). The molecule has 0 amide bonds. The molecule has 1 atom stereocenters. The van der Waals surface area contributed by atoms with Crippen LogP contribution in [0.2, 0.25) is 5.02 Å². The van der Waals surface area contributed by atoms with Crippen LogP contribution >= 0.6 is 11.6 Å². The summed E-state index contributed by atoms with van der Waals surface area (Å²) in [7, 11) is 0. The summed E-state index contributed by atoms with van der Waals surface area (Å²) in [6.45, 7) is 7.75. The van der Waals surface area contributed by atoms with Crippen LogP contribution in [0.4, 0.5) is 0 Å². The van der Waals surface area contributed by atoms with Crippen molar-refractivity contribution in [1.82, 2.24) is 5.32 Å². The van der Waals surface area contributed by atoms with Gasteiger partial charge in [-0.1, -0.05) is 43.6 Å². The fraction of sp³-hybridized carbons (Fsp3) is 0.571. The standard InChI is InChI=1S/C14H22ClN/c1-11(2)7-6-10-16-12(3)13-8-4-5-9-14(13)15/h4-5,8-9,11-12,16H,6-7,10H2,1-3H3/t12-/m0/s1. The van der Waals surface area contributed by atoms with Gasteiger partial charge in [0, 0.05) is 11.1 Å². The zero-order valence-electron chi connectivity index (χ0n) is 10.5. The zero-order chi connectivity index (χ0) is 12.0. The first-order valence-corrected chi connectivity index (χ1v) is 6.47. The van der Waals surface area contributed by atoms with Gasteiger partial charge < -0.3 is 5.32 Å². The van der Waals surface area contributed by atoms with Crippen LogP contribution in [0.3, 0.4) is 0 Å². The van der Waals surface area contributed by atoms with Crippen molar-refractivity contribution in [3.8, 4) is 0 Å². The second-order valence-electron chi connectivity index (χ2n) is 4.73. The molecule has 0 saturated heterocycles. The third-order valence-electron chi connectivity index (χ3n) is 2.78. The van der Waals surface area contributed by atoms with E-state index < -0.39 is 0 Å². The van der Waals surface area contributed by atoms with Crippen LogP contribution in [0.25, 0.3) is 0 Å². The fourth-order valence-corrected chi connectivity index (χ4v) is 2.06. The van der Waals surface area contributed by atoms with Gasteiger partial charge in [0.25, 0.3) is 0 Å². The summed E-state index contributed by atoms with van der Waals surface area (Å²) in [6.07, 6.45) is 2.51. The highest BCUT2D eigenvalue weighted by Crippen LogP contribution is 2.22. The Hall–Kier alpha value is -0.530. The van der Waals surface area contributed by atoms with Gasteiger partial charge in [0.1, 0.15) is 0 Å². The molecule has 0 bridgehead atoms. The largest absolute Gasteiger partial charge is 0.310 e. The summed E-state index contributed by atoms with van der Waals surface area (Å²) in [5.41, 5.74) is 1.19. The van der Waals surface area contributed by atoms with Crippen LogP contribution in [-0.4, -0.2) is 6.54 Å². The zero-order valence-corrected chi connectivity index (χ0v) is 11.2. The predicted molar refractivity (Wildman–Crippen MR) is 71.9 cm³/mol. The van der Waals surface area contributed by atoms with Crippen LogP contribution in [0, 0.1) is 5.92 Å². The smallest absolute Gasteiger partial charge is 0.0453 e.